The van der Waals surface area contributed by atoms with Gasteiger partial charge in [-0.25, -0.2) is 0 Å². The molecular formula is C30H28P2. The van der Waals surface area contributed by atoms with Crippen molar-refractivity contribution in [1.29, 1.82) is 0 Å². The number of benzene rings is 4. The maximum atomic E-state index is 2.56. The van der Waals surface area contributed by atoms with Gasteiger partial charge in [0, 0.05) is 5.66 Å². The van der Waals surface area contributed by atoms with E-state index in [4.69, 9.17) is 0 Å². The van der Waals surface area contributed by atoms with Crippen LogP contribution in [0.2, 0.25) is 0 Å². The van der Waals surface area contributed by atoms with Gasteiger partial charge in [-0.15, -0.1) is 0 Å². The van der Waals surface area contributed by atoms with Crippen molar-refractivity contribution in [2.75, 3.05) is 0 Å². The average molecular weight is 451 g/mol. The molecule has 0 N–H and O–H groups in total. The molecule has 32 heavy (non-hydrogen) atoms. The van der Waals surface area contributed by atoms with Crippen LogP contribution in [0.15, 0.2) is 133 Å². The van der Waals surface area contributed by atoms with Crippen LogP contribution in [0.3, 0.4) is 0 Å². The highest BCUT2D eigenvalue weighted by molar-refractivity contribution is 7.77. The van der Waals surface area contributed by atoms with Crippen molar-refractivity contribution in [3.05, 3.63) is 133 Å². The zero-order valence-electron chi connectivity index (χ0n) is 18.2. The summed E-state index contributed by atoms with van der Waals surface area (Å²) >= 11 is 0. The van der Waals surface area contributed by atoms with Gasteiger partial charge in [0.1, 0.15) is 0 Å². The average Bonchev–Trinajstić information content (AvgIpc) is 2.88. The first kappa shape index (κ1) is 21.3. The van der Waals surface area contributed by atoms with Crippen molar-refractivity contribution < 1.29 is 0 Å². The molecule has 0 amide bonds. The highest BCUT2D eigenvalue weighted by Gasteiger charge is 2.37. The standard InChI is InChI=1S/C30H28P2/c1-5-15-25(16-6-1)31(26-17-7-2-8-18-26)29-23-13-14-24-30(29)32(27-19-9-3-10-20-27)28-21-11-4-12-22-28/h1-13,15-23,29-30H,14,24H2/t29-,30-/m0/s1. The fourth-order valence-electron chi connectivity index (χ4n) is 4.72. The normalized spacial score (nSPS) is 18.2. The predicted octanol–water partition coefficient (Wildman–Crippen LogP) is 6.34. The Balaban J connectivity index is 1.64. The summed E-state index contributed by atoms with van der Waals surface area (Å²) in [5.74, 6) is 0. The minimum Gasteiger partial charge on any atom is -0.0878 e. The van der Waals surface area contributed by atoms with Crippen molar-refractivity contribution in [3.63, 3.8) is 0 Å². The molecule has 0 heterocycles. The van der Waals surface area contributed by atoms with E-state index in [1.165, 1.54) is 34.1 Å². The van der Waals surface area contributed by atoms with Crippen LogP contribution in [0.25, 0.3) is 0 Å². The monoisotopic (exact) mass is 450 g/mol. The van der Waals surface area contributed by atoms with E-state index in [1.54, 1.807) is 0 Å². The summed E-state index contributed by atoms with van der Waals surface area (Å²) in [7, 11) is -0.949. The van der Waals surface area contributed by atoms with Gasteiger partial charge in [0.05, 0.1) is 0 Å². The largest absolute Gasteiger partial charge is 0.0878 e. The summed E-state index contributed by atoms with van der Waals surface area (Å²) in [6.07, 6.45) is 7.41. The van der Waals surface area contributed by atoms with Crippen molar-refractivity contribution in [1.82, 2.24) is 0 Å². The Morgan fingerprint density at radius 1 is 0.469 bits per heavy atom. The number of allylic oxidation sites excluding steroid dienone is 2. The third kappa shape index (κ3) is 4.63. The van der Waals surface area contributed by atoms with Crippen LogP contribution in [-0.2, 0) is 0 Å². The molecule has 0 saturated heterocycles. The third-order valence-electron chi connectivity index (χ3n) is 6.12. The molecule has 0 radical (unpaired) electrons. The Hall–Kier alpha value is -2.52. The second-order valence-electron chi connectivity index (χ2n) is 8.15. The van der Waals surface area contributed by atoms with E-state index in [0.717, 1.165) is 0 Å². The number of hydrogen-bond donors (Lipinski definition) is 0. The van der Waals surface area contributed by atoms with Crippen molar-refractivity contribution in [2.45, 2.75) is 24.2 Å². The van der Waals surface area contributed by atoms with Gasteiger partial charge < -0.3 is 0 Å². The predicted molar refractivity (Wildman–Crippen MR) is 144 cm³/mol. The van der Waals surface area contributed by atoms with Crippen LogP contribution in [0.1, 0.15) is 12.8 Å². The Morgan fingerprint density at radius 2 is 0.844 bits per heavy atom. The van der Waals surface area contributed by atoms with Gasteiger partial charge >= 0.3 is 0 Å². The van der Waals surface area contributed by atoms with Crippen molar-refractivity contribution in [3.8, 4) is 0 Å². The first-order valence-electron chi connectivity index (χ1n) is 11.4. The van der Waals surface area contributed by atoms with E-state index in [2.05, 4.69) is 133 Å². The zero-order chi connectivity index (χ0) is 21.6. The summed E-state index contributed by atoms with van der Waals surface area (Å²) in [5, 5.41) is 5.95. The quantitative estimate of drug-likeness (QED) is 0.238. The van der Waals surface area contributed by atoms with Crippen LogP contribution in [0.4, 0.5) is 0 Å². The molecule has 0 bridgehead atoms. The highest BCUT2D eigenvalue weighted by atomic mass is 31.1. The van der Waals surface area contributed by atoms with E-state index in [1.807, 2.05) is 0 Å². The first-order valence-corrected chi connectivity index (χ1v) is 14.2. The van der Waals surface area contributed by atoms with Crippen LogP contribution in [-0.4, -0.2) is 11.3 Å². The molecule has 5 rings (SSSR count). The lowest BCUT2D eigenvalue weighted by molar-refractivity contribution is 0.750. The molecule has 0 aliphatic heterocycles. The van der Waals surface area contributed by atoms with Crippen molar-refractivity contribution >= 4 is 37.1 Å². The molecule has 2 atom stereocenters. The van der Waals surface area contributed by atoms with Gasteiger partial charge in [-0.05, 0) is 55.6 Å². The Morgan fingerprint density at radius 3 is 1.25 bits per heavy atom. The summed E-state index contributed by atoms with van der Waals surface area (Å²) in [6.45, 7) is 0. The van der Waals surface area contributed by atoms with Gasteiger partial charge in [0.15, 0.2) is 0 Å². The summed E-state index contributed by atoms with van der Waals surface area (Å²) in [6, 6.07) is 44.9. The fraction of sp³-hybridized carbons (Fsp3) is 0.133. The lowest BCUT2D eigenvalue weighted by Crippen LogP contribution is -2.35. The molecule has 0 unspecified atom stereocenters. The lowest BCUT2D eigenvalue weighted by atomic mass is 10.1. The molecule has 0 spiro atoms. The Bertz CT molecular complexity index is 1050. The maximum absolute atomic E-state index is 2.56. The van der Waals surface area contributed by atoms with E-state index >= 15 is 0 Å². The smallest absolute Gasteiger partial charge is 0.0124 e. The number of hydrogen-bond acceptors (Lipinski definition) is 0. The molecule has 1 aliphatic carbocycles. The highest BCUT2D eigenvalue weighted by Crippen LogP contribution is 2.54. The Labute approximate surface area is 194 Å². The lowest BCUT2D eigenvalue weighted by Gasteiger charge is -2.40. The van der Waals surface area contributed by atoms with Crippen LogP contribution in [0, 0.1) is 0 Å². The van der Waals surface area contributed by atoms with E-state index in [9.17, 15) is 0 Å². The third-order valence-corrected chi connectivity index (χ3v) is 12.1. The molecule has 0 fully saturated rings. The molecule has 0 nitrogen and oxygen atoms in total. The first-order chi connectivity index (χ1) is 15.9. The topological polar surface area (TPSA) is 0 Å². The minimum absolute atomic E-state index is 0.457. The zero-order valence-corrected chi connectivity index (χ0v) is 20.0. The van der Waals surface area contributed by atoms with Crippen molar-refractivity contribution in [2.24, 2.45) is 0 Å². The van der Waals surface area contributed by atoms with E-state index in [-0.39, 0.29) is 0 Å². The molecule has 158 valence electrons. The van der Waals surface area contributed by atoms with Crippen LogP contribution in [0.5, 0.6) is 0 Å². The van der Waals surface area contributed by atoms with Gasteiger partial charge in [-0.1, -0.05) is 133 Å². The number of rotatable bonds is 6. The molecule has 0 aromatic heterocycles. The SMILES string of the molecule is C1=C[C@H](P(c2ccccc2)c2ccccc2)[C@@H](P(c2ccccc2)c2ccccc2)CC1. The molecular weight excluding hydrogens is 422 g/mol. The molecule has 2 heteroatoms. The van der Waals surface area contributed by atoms with Crippen LogP contribution >= 0.6 is 15.8 Å². The maximum Gasteiger partial charge on any atom is 0.0124 e. The Kier molecular flexibility index (Phi) is 6.93. The summed E-state index contributed by atoms with van der Waals surface area (Å²) < 4.78 is 0. The second kappa shape index (κ2) is 10.4. The summed E-state index contributed by atoms with van der Waals surface area (Å²) in [4.78, 5) is 0. The second-order valence-corrected chi connectivity index (χ2v) is 13.0. The molecule has 1 aliphatic rings. The van der Waals surface area contributed by atoms with Gasteiger partial charge in [0.2, 0.25) is 0 Å². The van der Waals surface area contributed by atoms with Gasteiger partial charge in [-0.3, -0.25) is 0 Å². The summed E-state index contributed by atoms with van der Waals surface area (Å²) in [5.41, 5.74) is 1.14. The molecule has 0 saturated carbocycles. The molecule has 4 aromatic rings. The van der Waals surface area contributed by atoms with Gasteiger partial charge in [-0.2, -0.15) is 0 Å². The van der Waals surface area contributed by atoms with E-state index in [0.29, 0.717) is 11.3 Å². The molecule has 4 aromatic carbocycles. The fourth-order valence-corrected chi connectivity index (χ4v) is 11.1. The van der Waals surface area contributed by atoms with Gasteiger partial charge in [0.25, 0.3) is 0 Å². The van der Waals surface area contributed by atoms with E-state index < -0.39 is 15.8 Å². The van der Waals surface area contributed by atoms with Crippen LogP contribution < -0.4 is 21.2 Å². The minimum atomic E-state index is -0.492.